The molecule has 0 radical (unpaired) electrons. The normalized spacial score (nSPS) is 14.0. The molecular formula is C7H15NO. The van der Waals surface area contributed by atoms with E-state index in [1.165, 1.54) is 0 Å². The summed E-state index contributed by atoms with van der Waals surface area (Å²) in [5, 5.41) is 11.4. The lowest BCUT2D eigenvalue weighted by Gasteiger charge is -2.16. The molecule has 0 spiro atoms. The number of oxime groups is 1. The quantitative estimate of drug-likeness (QED) is 0.329. The molecule has 0 saturated carbocycles. The van der Waals surface area contributed by atoms with Crippen molar-refractivity contribution >= 4 is 5.71 Å². The molecule has 0 unspecified atom stereocenters. The van der Waals surface area contributed by atoms with Gasteiger partial charge in [-0.3, -0.25) is 0 Å². The minimum Gasteiger partial charge on any atom is -0.411 e. The number of hydrogen-bond donors (Lipinski definition) is 1. The van der Waals surface area contributed by atoms with Gasteiger partial charge in [0.2, 0.25) is 0 Å². The Morgan fingerprint density at radius 3 is 2.00 bits per heavy atom. The average molecular weight is 129 g/mol. The summed E-state index contributed by atoms with van der Waals surface area (Å²) >= 11 is 0. The second-order valence-corrected chi connectivity index (χ2v) is 3.57. The van der Waals surface area contributed by atoms with Crippen LogP contribution in [-0.2, 0) is 0 Å². The monoisotopic (exact) mass is 129 g/mol. The van der Waals surface area contributed by atoms with E-state index < -0.39 is 0 Å². The topological polar surface area (TPSA) is 32.6 Å². The first kappa shape index (κ1) is 8.47. The summed E-state index contributed by atoms with van der Waals surface area (Å²) in [5.41, 5.74) is 1.03. The van der Waals surface area contributed by atoms with Crippen LogP contribution >= 0.6 is 0 Å². The molecule has 0 aromatic rings. The highest BCUT2D eigenvalue weighted by molar-refractivity contribution is 5.81. The van der Waals surface area contributed by atoms with Crippen molar-refractivity contribution in [3.63, 3.8) is 0 Å². The van der Waals surface area contributed by atoms with Crippen LogP contribution in [0.2, 0.25) is 0 Å². The molecule has 1 N–H and O–H groups in total. The maximum atomic E-state index is 8.29. The lowest BCUT2D eigenvalue weighted by atomic mass is 9.90. The van der Waals surface area contributed by atoms with Crippen LogP contribution in [0.3, 0.4) is 0 Å². The number of hydrogen-bond acceptors (Lipinski definition) is 2. The van der Waals surface area contributed by atoms with Crippen LogP contribution in [0.1, 0.15) is 34.1 Å². The maximum Gasteiger partial charge on any atom is 0.0545 e. The zero-order valence-corrected chi connectivity index (χ0v) is 6.60. The Kier molecular flexibility index (Phi) is 2.68. The van der Waals surface area contributed by atoms with Crippen LogP contribution in [0.4, 0.5) is 0 Å². The maximum absolute atomic E-state index is 8.29. The third-order valence-electron chi connectivity index (χ3n) is 0.957. The highest BCUT2D eigenvalue weighted by Gasteiger charge is 2.11. The van der Waals surface area contributed by atoms with Gasteiger partial charge in [0.1, 0.15) is 0 Å². The van der Waals surface area contributed by atoms with E-state index in [9.17, 15) is 0 Å². The molecule has 0 heterocycles. The summed E-state index contributed by atoms with van der Waals surface area (Å²) in [5.74, 6) is 0. The van der Waals surface area contributed by atoms with Gasteiger partial charge in [-0.1, -0.05) is 25.9 Å². The highest BCUT2D eigenvalue weighted by atomic mass is 16.4. The Balaban J connectivity index is 3.75. The van der Waals surface area contributed by atoms with Crippen LogP contribution < -0.4 is 0 Å². The molecule has 2 nitrogen and oxygen atoms in total. The van der Waals surface area contributed by atoms with Crippen molar-refractivity contribution < 1.29 is 5.21 Å². The van der Waals surface area contributed by atoms with Gasteiger partial charge in [0.25, 0.3) is 0 Å². The molecular weight excluding hydrogens is 114 g/mol. The van der Waals surface area contributed by atoms with Gasteiger partial charge in [-0.05, 0) is 18.8 Å². The Bertz CT molecular complexity index is 111. The van der Waals surface area contributed by atoms with Crippen molar-refractivity contribution in [1.29, 1.82) is 0 Å². The zero-order valence-electron chi connectivity index (χ0n) is 6.60. The van der Waals surface area contributed by atoms with Gasteiger partial charge in [0.15, 0.2) is 0 Å². The lowest BCUT2D eigenvalue weighted by Crippen LogP contribution is -2.10. The van der Waals surface area contributed by atoms with Gasteiger partial charge in [0, 0.05) is 0 Å². The molecule has 0 aliphatic rings. The number of rotatable bonds is 1. The van der Waals surface area contributed by atoms with Crippen molar-refractivity contribution in [2.24, 2.45) is 10.6 Å². The first-order valence-corrected chi connectivity index (χ1v) is 3.13. The van der Waals surface area contributed by atoms with E-state index in [4.69, 9.17) is 5.21 Å². The van der Waals surface area contributed by atoms with Crippen LogP contribution in [0.5, 0.6) is 0 Å². The average Bonchev–Trinajstić information content (AvgIpc) is 1.62. The summed E-state index contributed by atoms with van der Waals surface area (Å²) in [6.07, 6.45) is 0.851. The molecule has 0 atom stereocenters. The fourth-order valence-corrected chi connectivity index (χ4v) is 0.803. The third-order valence-corrected chi connectivity index (χ3v) is 0.957. The third kappa shape index (κ3) is 5.34. The molecule has 0 aliphatic carbocycles. The zero-order chi connectivity index (χ0) is 7.49. The Labute approximate surface area is 56.6 Å². The van der Waals surface area contributed by atoms with E-state index in [0.29, 0.717) is 0 Å². The Hall–Kier alpha value is -0.530. The smallest absolute Gasteiger partial charge is 0.0545 e. The molecule has 0 rings (SSSR count). The van der Waals surface area contributed by atoms with E-state index in [1.54, 1.807) is 0 Å². The van der Waals surface area contributed by atoms with Crippen LogP contribution in [-0.4, -0.2) is 10.9 Å². The minimum atomic E-state index is 0.232. The largest absolute Gasteiger partial charge is 0.411 e. The summed E-state index contributed by atoms with van der Waals surface area (Å²) < 4.78 is 0. The fraction of sp³-hybridized carbons (Fsp3) is 0.857. The second kappa shape index (κ2) is 2.85. The second-order valence-electron chi connectivity index (χ2n) is 3.57. The minimum absolute atomic E-state index is 0.232. The molecule has 0 aromatic heterocycles. The van der Waals surface area contributed by atoms with Crippen molar-refractivity contribution in [2.75, 3.05) is 0 Å². The van der Waals surface area contributed by atoms with Crippen LogP contribution in [0.15, 0.2) is 5.16 Å². The summed E-state index contributed by atoms with van der Waals surface area (Å²) in [4.78, 5) is 0. The van der Waals surface area contributed by atoms with E-state index >= 15 is 0 Å². The molecule has 9 heavy (non-hydrogen) atoms. The predicted molar refractivity (Wildman–Crippen MR) is 39.0 cm³/mol. The fourth-order valence-electron chi connectivity index (χ4n) is 0.803. The van der Waals surface area contributed by atoms with Crippen molar-refractivity contribution in [3.05, 3.63) is 0 Å². The molecule has 54 valence electrons. The van der Waals surface area contributed by atoms with E-state index in [1.807, 2.05) is 6.92 Å². The van der Waals surface area contributed by atoms with Gasteiger partial charge in [-0.25, -0.2) is 0 Å². The van der Waals surface area contributed by atoms with Gasteiger partial charge in [-0.2, -0.15) is 0 Å². The van der Waals surface area contributed by atoms with Gasteiger partial charge in [-0.15, -0.1) is 0 Å². The first-order chi connectivity index (χ1) is 3.95. The SMILES string of the molecule is C/C(CC(C)(C)C)=N\O. The van der Waals surface area contributed by atoms with E-state index in [0.717, 1.165) is 12.1 Å². The lowest BCUT2D eigenvalue weighted by molar-refractivity contribution is 0.312. The highest BCUT2D eigenvalue weighted by Crippen LogP contribution is 2.18. The first-order valence-electron chi connectivity index (χ1n) is 3.13. The Morgan fingerprint density at radius 2 is 1.89 bits per heavy atom. The predicted octanol–water partition coefficient (Wildman–Crippen LogP) is 2.27. The molecule has 0 bridgehead atoms. The van der Waals surface area contributed by atoms with E-state index in [-0.39, 0.29) is 5.41 Å². The number of nitrogens with zero attached hydrogens (tertiary/aromatic N) is 1. The molecule has 0 aliphatic heterocycles. The Morgan fingerprint density at radius 1 is 1.44 bits per heavy atom. The van der Waals surface area contributed by atoms with Crippen LogP contribution in [0, 0.1) is 5.41 Å². The van der Waals surface area contributed by atoms with Crippen molar-refractivity contribution in [2.45, 2.75) is 34.1 Å². The van der Waals surface area contributed by atoms with Gasteiger partial charge >= 0.3 is 0 Å². The van der Waals surface area contributed by atoms with E-state index in [2.05, 4.69) is 25.9 Å². The summed E-state index contributed by atoms with van der Waals surface area (Å²) in [6.45, 7) is 8.16. The van der Waals surface area contributed by atoms with Crippen LogP contribution in [0.25, 0.3) is 0 Å². The summed E-state index contributed by atoms with van der Waals surface area (Å²) in [7, 11) is 0. The molecule has 0 aromatic carbocycles. The van der Waals surface area contributed by atoms with Crippen molar-refractivity contribution in [3.8, 4) is 0 Å². The summed E-state index contributed by atoms with van der Waals surface area (Å²) in [6, 6.07) is 0. The molecule has 0 amide bonds. The standard InChI is InChI=1S/C7H15NO/c1-6(8-9)5-7(2,3)4/h9H,5H2,1-4H3/b8-6+. The van der Waals surface area contributed by atoms with Gasteiger partial charge in [0.05, 0.1) is 5.71 Å². The molecule has 0 saturated heterocycles. The van der Waals surface area contributed by atoms with Crippen molar-refractivity contribution in [1.82, 2.24) is 0 Å². The molecule has 2 heteroatoms. The van der Waals surface area contributed by atoms with Gasteiger partial charge < -0.3 is 5.21 Å². The molecule has 0 fully saturated rings.